The number of nitrogens with zero attached hydrogens (tertiary/aromatic N) is 2. The number of aliphatic hydroxyl groups excluding tert-OH is 1. The van der Waals surface area contributed by atoms with Gasteiger partial charge in [0, 0.05) is 45.6 Å². The van der Waals surface area contributed by atoms with Gasteiger partial charge in [-0.2, -0.15) is 0 Å². The van der Waals surface area contributed by atoms with Gasteiger partial charge in [0.05, 0.1) is 11.6 Å². The van der Waals surface area contributed by atoms with E-state index in [0.717, 1.165) is 45.3 Å². The molecule has 0 aromatic heterocycles. The molecule has 0 unspecified atom stereocenters. The van der Waals surface area contributed by atoms with E-state index < -0.39 is 0 Å². The maximum atomic E-state index is 12.5. The van der Waals surface area contributed by atoms with E-state index in [1.54, 1.807) is 0 Å². The van der Waals surface area contributed by atoms with Crippen LogP contribution in [0.3, 0.4) is 0 Å². The van der Waals surface area contributed by atoms with E-state index in [0.29, 0.717) is 36.3 Å². The van der Waals surface area contributed by atoms with Gasteiger partial charge >= 0.3 is 6.03 Å². The molecule has 2 heterocycles. The number of halogens is 1. The zero-order chi connectivity index (χ0) is 19.1. The van der Waals surface area contributed by atoms with Crippen molar-refractivity contribution in [2.45, 2.75) is 31.8 Å². The molecule has 150 valence electrons. The minimum absolute atomic E-state index is 0.0190. The predicted molar refractivity (Wildman–Crippen MR) is 106 cm³/mol. The van der Waals surface area contributed by atoms with Crippen LogP contribution >= 0.6 is 11.6 Å². The van der Waals surface area contributed by atoms with Gasteiger partial charge in [0.2, 0.25) is 0 Å². The van der Waals surface area contributed by atoms with Crippen LogP contribution in [0.5, 0.6) is 5.75 Å². The number of amides is 2. The molecule has 2 amide bonds. The molecule has 0 bridgehead atoms. The molecule has 3 rings (SSSR count). The second-order valence-corrected chi connectivity index (χ2v) is 7.86. The van der Waals surface area contributed by atoms with Crippen molar-refractivity contribution in [2.75, 3.05) is 45.9 Å². The maximum absolute atomic E-state index is 12.5. The molecule has 1 aromatic rings. The Morgan fingerprint density at radius 2 is 2.00 bits per heavy atom. The highest BCUT2D eigenvalue weighted by molar-refractivity contribution is 6.32. The van der Waals surface area contributed by atoms with Gasteiger partial charge in [0.25, 0.3) is 0 Å². The Morgan fingerprint density at radius 3 is 2.74 bits per heavy atom. The van der Waals surface area contributed by atoms with E-state index in [9.17, 15) is 4.79 Å². The number of carbonyl (C=O) groups is 1. The van der Waals surface area contributed by atoms with Gasteiger partial charge in [0.15, 0.2) is 0 Å². The summed E-state index contributed by atoms with van der Waals surface area (Å²) in [5, 5.41) is 12.8. The van der Waals surface area contributed by atoms with Crippen molar-refractivity contribution in [3.8, 4) is 5.75 Å². The monoisotopic (exact) mass is 395 g/mol. The molecule has 0 aliphatic carbocycles. The van der Waals surface area contributed by atoms with E-state index in [2.05, 4.69) is 10.2 Å². The highest BCUT2D eigenvalue weighted by atomic mass is 35.5. The lowest BCUT2D eigenvalue weighted by molar-refractivity contribution is 0.108. The van der Waals surface area contributed by atoms with Crippen molar-refractivity contribution >= 4 is 17.6 Å². The number of ether oxygens (including phenoxy) is 1. The van der Waals surface area contributed by atoms with Crippen LogP contribution in [0.15, 0.2) is 24.3 Å². The number of carbonyl (C=O) groups excluding carboxylic acids is 1. The molecule has 2 aliphatic rings. The maximum Gasteiger partial charge on any atom is 0.317 e. The summed E-state index contributed by atoms with van der Waals surface area (Å²) >= 11 is 6.15. The fourth-order valence-electron chi connectivity index (χ4n) is 3.90. The molecule has 2 aliphatic heterocycles. The summed E-state index contributed by atoms with van der Waals surface area (Å²) in [4.78, 5) is 16.6. The quantitative estimate of drug-likeness (QED) is 0.777. The third-order valence-corrected chi connectivity index (χ3v) is 5.73. The van der Waals surface area contributed by atoms with Crippen LogP contribution in [-0.2, 0) is 0 Å². The number of likely N-dealkylation sites (tertiary alicyclic amines) is 2. The molecule has 0 radical (unpaired) electrons. The zero-order valence-electron chi connectivity index (χ0n) is 15.8. The SMILES string of the molecule is O=C(NC[C@@H]1CCCN(CCO)C1)N1CCC(Oc2ccccc2Cl)CC1. The molecule has 2 saturated heterocycles. The minimum Gasteiger partial charge on any atom is -0.489 e. The number of nitrogens with one attached hydrogen (secondary N) is 1. The molecule has 1 atom stereocenters. The van der Waals surface area contributed by atoms with E-state index in [1.165, 1.54) is 0 Å². The number of hydrogen-bond donors (Lipinski definition) is 2. The Bertz CT molecular complexity index is 606. The van der Waals surface area contributed by atoms with Crippen LogP contribution in [0, 0.1) is 5.92 Å². The molecular weight excluding hydrogens is 366 g/mol. The van der Waals surface area contributed by atoms with Gasteiger partial charge in [-0.15, -0.1) is 0 Å². The van der Waals surface area contributed by atoms with Gasteiger partial charge in [-0.3, -0.25) is 0 Å². The van der Waals surface area contributed by atoms with Crippen molar-refractivity contribution in [3.05, 3.63) is 29.3 Å². The number of hydrogen-bond acceptors (Lipinski definition) is 4. The van der Waals surface area contributed by atoms with Crippen LogP contribution in [0.1, 0.15) is 25.7 Å². The molecule has 27 heavy (non-hydrogen) atoms. The average molecular weight is 396 g/mol. The third kappa shape index (κ3) is 5.99. The number of rotatable bonds is 6. The summed E-state index contributed by atoms with van der Waals surface area (Å²) < 4.78 is 5.99. The number of benzene rings is 1. The average Bonchev–Trinajstić information content (AvgIpc) is 2.69. The number of β-amino-alcohol motifs (C(OH)–C–C–N with tert-alkyl or cyclic N) is 1. The predicted octanol–water partition coefficient (Wildman–Crippen LogP) is 2.60. The normalized spacial score (nSPS) is 21.9. The van der Waals surface area contributed by atoms with E-state index >= 15 is 0 Å². The molecule has 7 heteroatoms. The summed E-state index contributed by atoms with van der Waals surface area (Å²) in [6.07, 6.45) is 3.99. The highest BCUT2D eigenvalue weighted by Crippen LogP contribution is 2.26. The summed E-state index contributed by atoms with van der Waals surface area (Å²) in [7, 11) is 0. The van der Waals surface area contributed by atoms with Crippen LogP contribution in [0.25, 0.3) is 0 Å². The first kappa shape index (κ1) is 20.2. The minimum atomic E-state index is 0.0190. The van der Waals surface area contributed by atoms with Gasteiger partial charge in [-0.25, -0.2) is 4.79 Å². The van der Waals surface area contributed by atoms with Gasteiger partial charge < -0.3 is 25.0 Å². The second-order valence-electron chi connectivity index (χ2n) is 7.45. The number of urea groups is 1. The molecule has 2 N–H and O–H groups in total. The summed E-state index contributed by atoms with van der Waals surface area (Å²) in [5.74, 6) is 1.18. The Kier molecular flexibility index (Phi) is 7.61. The van der Waals surface area contributed by atoms with Gasteiger partial charge in [0.1, 0.15) is 11.9 Å². The Labute approximate surface area is 166 Å². The van der Waals surface area contributed by atoms with E-state index in [1.807, 2.05) is 29.2 Å². The van der Waals surface area contributed by atoms with Crippen molar-refractivity contribution in [2.24, 2.45) is 5.92 Å². The van der Waals surface area contributed by atoms with Crippen LogP contribution < -0.4 is 10.1 Å². The summed E-state index contributed by atoms with van der Waals surface area (Å²) in [6, 6.07) is 7.53. The lowest BCUT2D eigenvalue weighted by Crippen LogP contribution is -2.49. The fraction of sp³-hybridized carbons (Fsp3) is 0.650. The lowest BCUT2D eigenvalue weighted by Gasteiger charge is -2.34. The van der Waals surface area contributed by atoms with Crippen molar-refractivity contribution in [1.82, 2.24) is 15.1 Å². The molecular formula is C20H30ClN3O3. The Balaban J connectivity index is 1.38. The first-order chi connectivity index (χ1) is 13.2. The zero-order valence-corrected chi connectivity index (χ0v) is 16.5. The van der Waals surface area contributed by atoms with Crippen LogP contribution in [-0.4, -0.2) is 72.9 Å². The molecule has 1 aromatic carbocycles. The second kappa shape index (κ2) is 10.2. The molecule has 2 fully saturated rings. The lowest BCUT2D eigenvalue weighted by atomic mass is 9.98. The van der Waals surface area contributed by atoms with Crippen molar-refractivity contribution < 1.29 is 14.6 Å². The third-order valence-electron chi connectivity index (χ3n) is 5.42. The Morgan fingerprint density at radius 1 is 1.22 bits per heavy atom. The summed E-state index contributed by atoms with van der Waals surface area (Å²) in [6.45, 7) is 5.02. The first-order valence-corrected chi connectivity index (χ1v) is 10.3. The van der Waals surface area contributed by atoms with Crippen molar-refractivity contribution in [1.29, 1.82) is 0 Å². The van der Waals surface area contributed by atoms with E-state index in [-0.39, 0.29) is 18.7 Å². The van der Waals surface area contributed by atoms with Crippen LogP contribution in [0.4, 0.5) is 4.79 Å². The smallest absolute Gasteiger partial charge is 0.317 e. The standard InChI is InChI=1S/C20H30ClN3O3/c21-18-5-1-2-6-19(18)27-17-7-10-24(11-8-17)20(26)22-14-16-4-3-9-23(15-16)12-13-25/h1-2,5-6,16-17,25H,3-4,7-15H2,(H,22,26)/t16-/m0/s1. The molecule has 0 spiro atoms. The Hall–Kier alpha value is -1.50. The topological polar surface area (TPSA) is 65.0 Å². The van der Waals surface area contributed by atoms with E-state index in [4.69, 9.17) is 21.4 Å². The van der Waals surface area contributed by atoms with Gasteiger partial charge in [-0.05, 0) is 37.4 Å². The fourth-order valence-corrected chi connectivity index (χ4v) is 4.08. The number of aliphatic hydroxyl groups is 1. The van der Waals surface area contributed by atoms with Crippen molar-refractivity contribution in [3.63, 3.8) is 0 Å². The molecule has 6 nitrogen and oxygen atoms in total. The number of para-hydroxylation sites is 1. The van der Waals surface area contributed by atoms with Crippen LogP contribution in [0.2, 0.25) is 5.02 Å². The number of piperidine rings is 2. The highest BCUT2D eigenvalue weighted by Gasteiger charge is 2.25. The first-order valence-electron chi connectivity index (χ1n) is 9.93. The molecule has 0 saturated carbocycles. The van der Waals surface area contributed by atoms with Gasteiger partial charge in [-0.1, -0.05) is 23.7 Å². The summed E-state index contributed by atoms with van der Waals surface area (Å²) in [5.41, 5.74) is 0. The largest absolute Gasteiger partial charge is 0.489 e.